The Morgan fingerprint density at radius 1 is 1.26 bits per heavy atom. The number of likely N-dealkylation sites (tertiary alicyclic amines) is 2. The zero-order valence-electron chi connectivity index (χ0n) is 14.0. The van der Waals surface area contributed by atoms with Crippen LogP contribution in [0.5, 0.6) is 0 Å². The number of piperidine rings is 2. The SMILES string of the molecule is CN1CCC(N2CCCC(C(=O)NCCn3ccnn3)C2)CC1. The third-order valence-electron chi connectivity index (χ3n) is 5.14. The molecule has 0 radical (unpaired) electrons. The minimum absolute atomic E-state index is 0.138. The van der Waals surface area contributed by atoms with Crippen molar-refractivity contribution >= 4 is 5.91 Å². The molecule has 2 fully saturated rings. The lowest BCUT2D eigenvalue weighted by Crippen LogP contribution is -2.50. The molecule has 0 saturated carbocycles. The molecule has 23 heavy (non-hydrogen) atoms. The van der Waals surface area contributed by atoms with E-state index in [9.17, 15) is 4.79 Å². The third kappa shape index (κ3) is 4.51. The van der Waals surface area contributed by atoms with Crippen LogP contribution in [0.1, 0.15) is 25.7 Å². The lowest BCUT2D eigenvalue weighted by molar-refractivity contribution is -0.127. The standard InChI is InChI=1S/C16H28N6O/c1-20-9-4-15(5-10-20)21-8-2-3-14(13-21)16(23)17-6-11-22-12-7-18-19-22/h7,12,14-15H,2-6,8-11,13H2,1H3,(H,17,23). The van der Waals surface area contributed by atoms with Gasteiger partial charge >= 0.3 is 0 Å². The van der Waals surface area contributed by atoms with Gasteiger partial charge in [0, 0.05) is 25.3 Å². The first kappa shape index (κ1) is 16.4. The van der Waals surface area contributed by atoms with Gasteiger partial charge in [-0.1, -0.05) is 5.21 Å². The summed E-state index contributed by atoms with van der Waals surface area (Å²) in [7, 11) is 2.19. The lowest BCUT2D eigenvalue weighted by Gasteiger charge is -2.41. The van der Waals surface area contributed by atoms with Crippen LogP contribution in [-0.2, 0) is 11.3 Å². The van der Waals surface area contributed by atoms with Crippen LogP contribution in [0.25, 0.3) is 0 Å². The number of hydrogen-bond donors (Lipinski definition) is 1. The van der Waals surface area contributed by atoms with Gasteiger partial charge in [0.15, 0.2) is 0 Å². The molecule has 0 aliphatic carbocycles. The highest BCUT2D eigenvalue weighted by Gasteiger charge is 2.30. The van der Waals surface area contributed by atoms with Crippen molar-refractivity contribution in [1.29, 1.82) is 0 Å². The van der Waals surface area contributed by atoms with Crippen LogP contribution in [0, 0.1) is 5.92 Å². The molecule has 1 N–H and O–H groups in total. The van der Waals surface area contributed by atoms with Crippen molar-refractivity contribution in [1.82, 2.24) is 30.1 Å². The lowest BCUT2D eigenvalue weighted by atomic mass is 9.93. The van der Waals surface area contributed by atoms with Crippen LogP contribution in [0.3, 0.4) is 0 Å². The van der Waals surface area contributed by atoms with Gasteiger partial charge < -0.3 is 10.2 Å². The maximum Gasteiger partial charge on any atom is 0.224 e. The number of nitrogens with one attached hydrogen (secondary N) is 1. The molecule has 7 nitrogen and oxygen atoms in total. The predicted octanol–water partition coefficient (Wildman–Crippen LogP) is 0.201. The van der Waals surface area contributed by atoms with Crippen LogP contribution in [0.4, 0.5) is 0 Å². The van der Waals surface area contributed by atoms with E-state index < -0.39 is 0 Å². The molecule has 1 amide bonds. The van der Waals surface area contributed by atoms with Crippen LogP contribution in [0.2, 0.25) is 0 Å². The highest BCUT2D eigenvalue weighted by Crippen LogP contribution is 2.23. The topological polar surface area (TPSA) is 66.3 Å². The van der Waals surface area contributed by atoms with Crippen molar-refractivity contribution in [2.75, 3.05) is 39.8 Å². The fourth-order valence-electron chi connectivity index (χ4n) is 3.70. The van der Waals surface area contributed by atoms with Gasteiger partial charge in [0.05, 0.1) is 18.7 Å². The monoisotopic (exact) mass is 320 g/mol. The molecule has 1 aromatic heterocycles. The minimum Gasteiger partial charge on any atom is -0.354 e. The Morgan fingerprint density at radius 2 is 2.09 bits per heavy atom. The summed E-state index contributed by atoms with van der Waals surface area (Å²) in [5.41, 5.74) is 0. The first-order valence-electron chi connectivity index (χ1n) is 8.77. The average Bonchev–Trinajstić information content (AvgIpc) is 3.09. The van der Waals surface area contributed by atoms with Gasteiger partial charge in [0.1, 0.15) is 0 Å². The molecule has 3 rings (SSSR count). The van der Waals surface area contributed by atoms with Crippen molar-refractivity contribution in [3.05, 3.63) is 12.4 Å². The van der Waals surface area contributed by atoms with Crippen LogP contribution in [0.15, 0.2) is 12.4 Å². The first-order chi connectivity index (χ1) is 11.2. The fourth-order valence-corrected chi connectivity index (χ4v) is 3.70. The van der Waals surface area contributed by atoms with Crippen molar-refractivity contribution in [3.8, 4) is 0 Å². The molecule has 7 heteroatoms. The normalized spacial score (nSPS) is 24.7. The number of aromatic nitrogens is 3. The molecule has 1 unspecified atom stereocenters. The third-order valence-corrected chi connectivity index (χ3v) is 5.14. The molecule has 1 atom stereocenters. The van der Waals surface area contributed by atoms with E-state index in [-0.39, 0.29) is 11.8 Å². The zero-order chi connectivity index (χ0) is 16.1. The summed E-state index contributed by atoms with van der Waals surface area (Å²) < 4.78 is 1.74. The number of nitrogens with zero attached hydrogens (tertiary/aromatic N) is 5. The maximum absolute atomic E-state index is 12.4. The first-order valence-corrected chi connectivity index (χ1v) is 8.77. The highest BCUT2D eigenvalue weighted by molar-refractivity contribution is 5.78. The van der Waals surface area contributed by atoms with Crippen LogP contribution >= 0.6 is 0 Å². The molecular weight excluding hydrogens is 292 g/mol. The highest BCUT2D eigenvalue weighted by atomic mass is 16.1. The predicted molar refractivity (Wildman–Crippen MR) is 87.8 cm³/mol. The summed E-state index contributed by atoms with van der Waals surface area (Å²) in [6.45, 7) is 5.72. The zero-order valence-corrected chi connectivity index (χ0v) is 14.0. The van der Waals surface area contributed by atoms with E-state index in [0.29, 0.717) is 19.1 Å². The van der Waals surface area contributed by atoms with E-state index >= 15 is 0 Å². The number of carbonyl (C=O) groups is 1. The van der Waals surface area contributed by atoms with Gasteiger partial charge in [-0.05, 0) is 52.4 Å². The Morgan fingerprint density at radius 3 is 2.83 bits per heavy atom. The second-order valence-corrected chi connectivity index (χ2v) is 6.83. The van der Waals surface area contributed by atoms with Crippen LogP contribution in [-0.4, -0.2) is 76.5 Å². The molecule has 0 aromatic carbocycles. The number of amides is 1. The number of carbonyl (C=O) groups excluding carboxylic acids is 1. The largest absolute Gasteiger partial charge is 0.354 e. The average molecular weight is 320 g/mol. The van der Waals surface area contributed by atoms with Gasteiger partial charge in [0.25, 0.3) is 0 Å². The Balaban J connectivity index is 1.43. The number of hydrogen-bond acceptors (Lipinski definition) is 5. The molecule has 2 saturated heterocycles. The van der Waals surface area contributed by atoms with E-state index in [0.717, 1.165) is 25.9 Å². The maximum atomic E-state index is 12.4. The second kappa shape index (κ2) is 7.88. The summed E-state index contributed by atoms with van der Waals surface area (Å²) in [6, 6.07) is 0.664. The van der Waals surface area contributed by atoms with E-state index in [1.165, 1.54) is 25.9 Å². The number of rotatable bonds is 5. The van der Waals surface area contributed by atoms with Gasteiger partial charge in [-0.3, -0.25) is 14.4 Å². The van der Waals surface area contributed by atoms with Gasteiger partial charge in [-0.15, -0.1) is 5.10 Å². The smallest absolute Gasteiger partial charge is 0.224 e. The quantitative estimate of drug-likeness (QED) is 0.839. The van der Waals surface area contributed by atoms with Crippen molar-refractivity contribution in [2.24, 2.45) is 5.92 Å². The minimum atomic E-state index is 0.138. The fraction of sp³-hybridized carbons (Fsp3) is 0.812. The Bertz CT molecular complexity index is 483. The molecule has 0 spiro atoms. The molecule has 0 bridgehead atoms. The van der Waals surface area contributed by atoms with E-state index in [1.54, 1.807) is 10.9 Å². The molecule has 2 aliphatic rings. The summed E-state index contributed by atoms with van der Waals surface area (Å²) in [6.07, 6.45) is 8.08. The summed E-state index contributed by atoms with van der Waals surface area (Å²) in [5, 5.41) is 10.7. The van der Waals surface area contributed by atoms with E-state index in [2.05, 4.69) is 32.5 Å². The van der Waals surface area contributed by atoms with Gasteiger partial charge in [-0.2, -0.15) is 0 Å². The summed E-state index contributed by atoms with van der Waals surface area (Å²) in [5.74, 6) is 0.335. The molecule has 3 heterocycles. The van der Waals surface area contributed by atoms with Crippen molar-refractivity contribution < 1.29 is 4.79 Å². The Hall–Kier alpha value is -1.47. The molecule has 128 valence electrons. The van der Waals surface area contributed by atoms with Gasteiger partial charge in [-0.25, -0.2) is 0 Å². The van der Waals surface area contributed by atoms with E-state index in [1.807, 2.05) is 6.20 Å². The molecule has 1 aromatic rings. The van der Waals surface area contributed by atoms with Crippen molar-refractivity contribution in [2.45, 2.75) is 38.3 Å². The summed E-state index contributed by atoms with van der Waals surface area (Å²) in [4.78, 5) is 17.4. The Labute approximate surface area is 138 Å². The van der Waals surface area contributed by atoms with Crippen molar-refractivity contribution in [3.63, 3.8) is 0 Å². The van der Waals surface area contributed by atoms with Gasteiger partial charge in [0.2, 0.25) is 5.91 Å². The molecular formula is C16H28N6O. The molecule has 2 aliphatic heterocycles. The second-order valence-electron chi connectivity index (χ2n) is 6.83. The summed E-state index contributed by atoms with van der Waals surface area (Å²) >= 11 is 0. The van der Waals surface area contributed by atoms with E-state index in [4.69, 9.17) is 0 Å². The van der Waals surface area contributed by atoms with Crippen LogP contribution < -0.4 is 5.32 Å². The Kier molecular flexibility index (Phi) is 5.61.